The van der Waals surface area contributed by atoms with Crippen LogP contribution in [0.1, 0.15) is 34.6 Å². The largest absolute Gasteiger partial charge is 0.0739 e. The first-order chi connectivity index (χ1) is 4.91. The molecule has 11 heavy (non-hydrogen) atoms. The minimum atomic E-state index is 0.388. The Morgan fingerprint density at radius 2 is 1.36 bits per heavy atom. The SMILES string of the molecule is CC1=CC(C(C)(C)C)C=C1C. The molecule has 0 amide bonds. The van der Waals surface area contributed by atoms with Gasteiger partial charge in [0.1, 0.15) is 0 Å². The van der Waals surface area contributed by atoms with E-state index in [1.54, 1.807) is 0 Å². The molecule has 1 rings (SSSR count). The Labute approximate surface area is 70.0 Å². The second-order valence-electron chi connectivity index (χ2n) is 4.59. The molecular weight excluding hydrogens is 132 g/mol. The van der Waals surface area contributed by atoms with Gasteiger partial charge in [-0.05, 0) is 19.3 Å². The summed E-state index contributed by atoms with van der Waals surface area (Å²) in [5, 5.41) is 0. The molecule has 1 aliphatic rings. The summed E-state index contributed by atoms with van der Waals surface area (Å²) in [6.07, 6.45) is 4.74. The molecule has 0 aromatic heterocycles. The summed E-state index contributed by atoms with van der Waals surface area (Å²) in [4.78, 5) is 0. The van der Waals surface area contributed by atoms with Gasteiger partial charge >= 0.3 is 0 Å². The van der Waals surface area contributed by atoms with Crippen LogP contribution in [0.4, 0.5) is 0 Å². The molecule has 0 bridgehead atoms. The van der Waals surface area contributed by atoms with E-state index in [-0.39, 0.29) is 0 Å². The summed E-state index contributed by atoms with van der Waals surface area (Å²) in [6, 6.07) is 0. The Hall–Kier alpha value is -0.520. The molecule has 0 nitrogen and oxygen atoms in total. The Morgan fingerprint density at radius 1 is 1.00 bits per heavy atom. The molecule has 0 aliphatic heterocycles. The summed E-state index contributed by atoms with van der Waals surface area (Å²) in [6.45, 7) is 11.2. The molecule has 0 aromatic rings. The fraction of sp³-hybridized carbons (Fsp3) is 0.636. The van der Waals surface area contributed by atoms with E-state index in [1.807, 2.05) is 0 Å². The van der Waals surface area contributed by atoms with E-state index in [2.05, 4.69) is 46.8 Å². The lowest BCUT2D eigenvalue weighted by Crippen LogP contribution is -2.14. The van der Waals surface area contributed by atoms with Gasteiger partial charge in [-0.25, -0.2) is 0 Å². The smallest absolute Gasteiger partial charge is 0.000675 e. The van der Waals surface area contributed by atoms with Gasteiger partial charge in [-0.1, -0.05) is 44.1 Å². The Bertz CT molecular complexity index is 193. The van der Waals surface area contributed by atoms with Crippen molar-refractivity contribution < 1.29 is 0 Å². The maximum absolute atomic E-state index is 2.37. The molecule has 62 valence electrons. The molecule has 0 heterocycles. The molecule has 0 heteroatoms. The summed E-state index contributed by atoms with van der Waals surface area (Å²) in [5.41, 5.74) is 3.29. The Kier molecular flexibility index (Phi) is 1.96. The molecule has 0 aromatic carbocycles. The van der Waals surface area contributed by atoms with Crippen molar-refractivity contribution in [2.24, 2.45) is 11.3 Å². The topological polar surface area (TPSA) is 0 Å². The number of allylic oxidation sites excluding steroid dienone is 4. The van der Waals surface area contributed by atoms with Crippen LogP contribution in [0.3, 0.4) is 0 Å². The lowest BCUT2D eigenvalue weighted by atomic mass is 9.82. The third-order valence-electron chi connectivity index (χ3n) is 2.48. The summed E-state index contributed by atoms with van der Waals surface area (Å²) in [5.74, 6) is 0.641. The van der Waals surface area contributed by atoms with Crippen LogP contribution in [0.15, 0.2) is 23.3 Å². The summed E-state index contributed by atoms with van der Waals surface area (Å²) in [7, 11) is 0. The molecule has 0 radical (unpaired) electrons. The van der Waals surface area contributed by atoms with Gasteiger partial charge in [0.05, 0.1) is 0 Å². The Morgan fingerprint density at radius 3 is 1.55 bits per heavy atom. The lowest BCUT2D eigenvalue weighted by Gasteiger charge is -2.23. The lowest BCUT2D eigenvalue weighted by molar-refractivity contribution is 0.345. The first kappa shape index (κ1) is 8.58. The number of hydrogen-bond donors (Lipinski definition) is 0. The van der Waals surface area contributed by atoms with Gasteiger partial charge in [0.2, 0.25) is 0 Å². The monoisotopic (exact) mass is 150 g/mol. The van der Waals surface area contributed by atoms with Crippen LogP contribution < -0.4 is 0 Å². The van der Waals surface area contributed by atoms with Crippen molar-refractivity contribution in [1.29, 1.82) is 0 Å². The van der Waals surface area contributed by atoms with Crippen LogP contribution in [-0.2, 0) is 0 Å². The van der Waals surface area contributed by atoms with Gasteiger partial charge in [0.15, 0.2) is 0 Å². The van der Waals surface area contributed by atoms with Gasteiger partial charge in [-0.15, -0.1) is 0 Å². The molecule has 0 saturated carbocycles. The zero-order chi connectivity index (χ0) is 8.65. The molecule has 0 fully saturated rings. The minimum Gasteiger partial charge on any atom is -0.0739 e. The van der Waals surface area contributed by atoms with Crippen molar-refractivity contribution in [3.8, 4) is 0 Å². The third kappa shape index (κ3) is 1.74. The van der Waals surface area contributed by atoms with Crippen molar-refractivity contribution in [2.75, 3.05) is 0 Å². The fourth-order valence-corrected chi connectivity index (χ4v) is 1.35. The standard InChI is InChI=1S/C11H18/c1-8-6-10(7-9(8)2)11(3,4)5/h6-7,10H,1-5H3. The number of rotatable bonds is 0. The van der Waals surface area contributed by atoms with E-state index in [1.165, 1.54) is 11.1 Å². The van der Waals surface area contributed by atoms with Gasteiger partial charge in [0.25, 0.3) is 0 Å². The maximum atomic E-state index is 2.37. The second-order valence-corrected chi connectivity index (χ2v) is 4.59. The first-order valence-corrected chi connectivity index (χ1v) is 4.28. The maximum Gasteiger partial charge on any atom is 0.000675 e. The normalized spacial score (nSPS) is 20.1. The minimum absolute atomic E-state index is 0.388. The van der Waals surface area contributed by atoms with Crippen LogP contribution in [0.25, 0.3) is 0 Å². The van der Waals surface area contributed by atoms with Crippen LogP contribution in [0.5, 0.6) is 0 Å². The number of hydrogen-bond acceptors (Lipinski definition) is 0. The molecule has 0 unspecified atom stereocenters. The fourth-order valence-electron chi connectivity index (χ4n) is 1.35. The molecule has 0 saturated heterocycles. The molecule has 1 aliphatic carbocycles. The zero-order valence-corrected chi connectivity index (χ0v) is 8.23. The highest BCUT2D eigenvalue weighted by molar-refractivity contribution is 5.36. The highest BCUT2D eigenvalue weighted by Crippen LogP contribution is 2.35. The highest BCUT2D eigenvalue weighted by Gasteiger charge is 2.23. The Balaban J connectivity index is 2.84. The van der Waals surface area contributed by atoms with Gasteiger partial charge in [-0.2, -0.15) is 0 Å². The molecule has 0 N–H and O–H groups in total. The average Bonchev–Trinajstić information content (AvgIpc) is 2.11. The summed E-state index contributed by atoms with van der Waals surface area (Å²) < 4.78 is 0. The van der Waals surface area contributed by atoms with Crippen molar-refractivity contribution in [3.63, 3.8) is 0 Å². The van der Waals surface area contributed by atoms with Crippen LogP contribution in [-0.4, -0.2) is 0 Å². The van der Waals surface area contributed by atoms with Crippen molar-refractivity contribution in [2.45, 2.75) is 34.6 Å². The van der Waals surface area contributed by atoms with Crippen molar-refractivity contribution in [3.05, 3.63) is 23.3 Å². The van der Waals surface area contributed by atoms with Crippen molar-refractivity contribution >= 4 is 0 Å². The van der Waals surface area contributed by atoms with Crippen LogP contribution >= 0.6 is 0 Å². The van der Waals surface area contributed by atoms with Gasteiger partial charge < -0.3 is 0 Å². The van der Waals surface area contributed by atoms with E-state index in [4.69, 9.17) is 0 Å². The summed E-state index contributed by atoms with van der Waals surface area (Å²) >= 11 is 0. The second kappa shape index (κ2) is 2.51. The third-order valence-corrected chi connectivity index (χ3v) is 2.48. The van der Waals surface area contributed by atoms with Gasteiger partial charge in [-0.3, -0.25) is 0 Å². The molecule has 0 spiro atoms. The van der Waals surface area contributed by atoms with E-state index in [0.29, 0.717) is 11.3 Å². The van der Waals surface area contributed by atoms with Crippen LogP contribution in [0, 0.1) is 11.3 Å². The molecule has 0 atom stereocenters. The predicted molar refractivity (Wildman–Crippen MR) is 50.5 cm³/mol. The zero-order valence-electron chi connectivity index (χ0n) is 8.23. The van der Waals surface area contributed by atoms with Crippen LogP contribution in [0.2, 0.25) is 0 Å². The van der Waals surface area contributed by atoms with Gasteiger partial charge in [0, 0.05) is 5.92 Å². The van der Waals surface area contributed by atoms with E-state index in [0.717, 1.165) is 0 Å². The van der Waals surface area contributed by atoms with E-state index < -0.39 is 0 Å². The van der Waals surface area contributed by atoms with E-state index >= 15 is 0 Å². The quantitative estimate of drug-likeness (QED) is 0.495. The highest BCUT2D eigenvalue weighted by atomic mass is 14.3. The van der Waals surface area contributed by atoms with Crippen molar-refractivity contribution in [1.82, 2.24) is 0 Å². The average molecular weight is 150 g/mol. The predicted octanol–water partition coefficient (Wildman–Crippen LogP) is 3.55. The first-order valence-electron chi connectivity index (χ1n) is 4.28. The van der Waals surface area contributed by atoms with E-state index in [9.17, 15) is 0 Å². The molecular formula is C11H18.